The topological polar surface area (TPSA) is 167 Å². The maximum Gasteiger partial charge on any atom is 0.323 e. The zero-order chi connectivity index (χ0) is 22.9. The number of carbonyl (C=O) groups is 2. The first kappa shape index (κ1) is 21.6. The predicted molar refractivity (Wildman–Crippen MR) is 116 cm³/mol. The van der Waals surface area contributed by atoms with Crippen molar-refractivity contribution in [2.75, 3.05) is 25.0 Å². The van der Waals surface area contributed by atoms with Gasteiger partial charge in [0.2, 0.25) is 10.0 Å². The van der Waals surface area contributed by atoms with Crippen LogP contribution in [0.4, 0.5) is 5.69 Å². The van der Waals surface area contributed by atoms with E-state index in [2.05, 4.69) is 15.3 Å². The second-order valence-electron chi connectivity index (χ2n) is 7.31. The number of aromatic amines is 2. The summed E-state index contributed by atoms with van der Waals surface area (Å²) in [5, 5.41) is 2.62. The van der Waals surface area contributed by atoms with Crippen molar-refractivity contribution in [2.45, 2.75) is 17.7 Å². The lowest BCUT2D eigenvalue weighted by Crippen LogP contribution is -2.28. The molecule has 0 atom stereocenters. The van der Waals surface area contributed by atoms with Crippen LogP contribution in [0.5, 0.6) is 5.75 Å². The molecule has 1 saturated heterocycles. The zero-order valence-corrected chi connectivity index (χ0v) is 17.7. The van der Waals surface area contributed by atoms with Gasteiger partial charge in [-0.05, 0) is 49.2 Å². The van der Waals surface area contributed by atoms with E-state index in [1.807, 2.05) is 0 Å². The fraction of sp³-hybridized carbons (Fsp3) is 0.250. The van der Waals surface area contributed by atoms with Gasteiger partial charge in [0.05, 0.1) is 21.5 Å². The number of H-pyrrole nitrogens is 2. The molecule has 12 heteroatoms. The molecule has 1 aromatic heterocycles. The molecule has 2 heterocycles. The molecule has 2 aromatic carbocycles. The Morgan fingerprint density at radius 2 is 1.78 bits per heavy atom. The number of hydrogen-bond acceptors (Lipinski definition) is 6. The summed E-state index contributed by atoms with van der Waals surface area (Å²) in [6.45, 7) is 0.407. The Hall–Kier alpha value is -3.64. The minimum absolute atomic E-state index is 0.00145. The number of fused-ring (bicyclic) bond motifs is 1. The summed E-state index contributed by atoms with van der Waals surface area (Å²) >= 11 is 0. The predicted octanol–water partition coefficient (Wildman–Crippen LogP) is 0.757. The van der Waals surface area contributed by atoms with Gasteiger partial charge >= 0.3 is 5.69 Å². The van der Waals surface area contributed by atoms with Crippen LogP contribution in [0, 0.1) is 0 Å². The molecule has 0 bridgehead atoms. The number of imidazole rings is 1. The lowest BCUT2D eigenvalue weighted by molar-refractivity contribution is -0.118. The van der Waals surface area contributed by atoms with E-state index in [9.17, 15) is 22.8 Å². The zero-order valence-electron chi connectivity index (χ0n) is 16.9. The monoisotopic (exact) mass is 459 g/mol. The average Bonchev–Trinajstić information content (AvgIpc) is 3.41. The Balaban J connectivity index is 1.47. The van der Waals surface area contributed by atoms with Crippen molar-refractivity contribution in [3.05, 3.63) is 52.4 Å². The van der Waals surface area contributed by atoms with E-state index in [0.717, 1.165) is 12.8 Å². The van der Waals surface area contributed by atoms with E-state index < -0.39 is 28.4 Å². The number of aromatic nitrogens is 2. The second kappa shape index (κ2) is 8.48. The third kappa shape index (κ3) is 4.36. The molecule has 0 unspecified atom stereocenters. The highest BCUT2D eigenvalue weighted by atomic mass is 32.2. The molecule has 0 saturated carbocycles. The lowest BCUT2D eigenvalue weighted by Gasteiger charge is -2.17. The average molecular weight is 459 g/mol. The van der Waals surface area contributed by atoms with Crippen LogP contribution < -0.4 is 21.5 Å². The first-order valence-electron chi connectivity index (χ1n) is 9.83. The smallest absolute Gasteiger partial charge is 0.323 e. The van der Waals surface area contributed by atoms with E-state index in [1.165, 1.54) is 22.5 Å². The third-order valence-electron chi connectivity index (χ3n) is 5.08. The summed E-state index contributed by atoms with van der Waals surface area (Å²) in [6.07, 6.45) is 1.57. The Kier molecular flexibility index (Phi) is 5.72. The molecular weight excluding hydrogens is 438 g/mol. The number of benzene rings is 2. The van der Waals surface area contributed by atoms with Gasteiger partial charge in [0, 0.05) is 18.8 Å². The number of hydrogen-bond donors (Lipinski definition) is 4. The summed E-state index contributed by atoms with van der Waals surface area (Å²) < 4.78 is 32.2. The highest BCUT2D eigenvalue weighted by molar-refractivity contribution is 7.89. The van der Waals surface area contributed by atoms with Gasteiger partial charge in [-0.25, -0.2) is 13.2 Å². The Bertz CT molecular complexity index is 1350. The fourth-order valence-electron chi connectivity index (χ4n) is 3.52. The van der Waals surface area contributed by atoms with Crippen molar-refractivity contribution in [3.8, 4) is 5.75 Å². The normalized spacial score (nSPS) is 14.5. The molecule has 1 aliphatic rings. The Morgan fingerprint density at radius 1 is 1.06 bits per heavy atom. The number of nitrogens with one attached hydrogen (secondary N) is 3. The van der Waals surface area contributed by atoms with E-state index in [0.29, 0.717) is 29.8 Å². The summed E-state index contributed by atoms with van der Waals surface area (Å²) in [5.41, 5.74) is 6.47. The largest absolute Gasteiger partial charge is 0.483 e. The molecule has 2 amide bonds. The Morgan fingerprint density at radius 3 is 2.50 bits per heavy atom. The maximum absolute atomic E-state index is 12.7. The van der Waals surface area contributed by atoms with Crippen LogP contribution in [-0.2, 0) is 14.8 Å². The molecule has 5 N–H and O–H groups in total. The van der Waals surface area contributed by atoms with Gasteiger partial charge in [0.15, 0.2) is 6.61 Å². The van der Waals surface area contributed by atoms with Crippen LogP contribution in [0.2, 0.25) is 0 Å². The molecule has 0 spiro atoms. The quantitative estimate of drug-likeness (QED) is 0.407. The van der Waals surface area contributed by atoms with Gasteiger partial charge in [-0.15, -0.1) is 0 Å². The van der Waals surface area contributed by atoms with Crippen molar-refractivity contribution < 1.29 is 22.7 Å². The molecule has 1 aliphatic heterocycles. The third-order valence-corrected chi connectivity index (χ3v) is 6.97. The summed E-state index contributed by atoms with van der Waals surface area (Å²) in [6, 6.07) is 8.62. The highest BCUT2D eigenvalue weighted by Crippen LogP contribution is 2.26. The number of ether oxygens (including phenoxy) is 1. The first-order valence-corrected chi connectivity index (χ1v) is 11.3. The molecule has 1 fully saturated rings. The number of nitrogens with zero attached hydrogens (tertiary/aromatic N) is 1. The van der Waals surface area contributed by atoms with E-state index in [1.54, 1.807) is 18.2 Å². The first-order chi connectivity index (χ1) is 15.2. The molecule has 11 nitrogen and oxygen atoms in total. The number of anilines is 1. The van der Waals surface area contributed by atoms with Gasteiger partial charge in [-0.3, -0.25) is 9.59 Å². The second-order valence-corrected chi connectivity index (χ2v) is 9.25. The van der Waals surface area contributed by atoms with Crippen molar-refractivity contribution >= 4 is 38.6 Å². The minimum Gasteiger partial charge on any atom is -0.483 e. The van der Waals surface area contributed by atoms with Crippen molar-refractivity contribution in [1.82, 2.24) is 14.3 Å². The van der Waals surface area contributed by atoms with Crippen LogP contribution in [-0.4, -0.2) is 54.2 Å². The number of rotatable bonds is 7. The SMILES string of the molecule is NC(=O)c1cc(S(=O)(=O)N2CCCC2)ccc1OCC(=O)Nc1ccc2[nH]c(=O)[nH]c2c1. The molecule has 3 aromatic rings. The van der Waals surface area contributed by atoms with E-state index in [-0.39, 0.29) is 21.9 Å². The standard InChI is InChI=1S/C20H21N5O6S/c21-19(27)14-10-13(32(29,30)25-7-1-2-8-25)4-6-17(14)31-11-18(26)22-12-3-5-15-16(9-12)24-20(28)23-15/h3-6,9-10H,1-2,7-8,11H2,(H2,21,27)(H,22,26)(H2,23,24,28). The maximum atomic E-state index is 12.7. The highest BCUT2D eigenvalue weighted by Gasteiger charge is 2.28. The summed E-state index contributed by atoms with van der Waals surface area (Å²) in [5.74, 6) is -1.40. The van der Waals surface area contributed by atoms with Crippen LogP contribution in [0.15, 0.2) is 46.1 Å². The van der Waals surface area contributed by atoms with Gasteiger partial charge < -0.3 is 25.8 Å². The van der Waals surface area contributed by atoms with Gasteiger partial charge in [0.1, 0.15) is 5.75 Å². The molecular formula is C20H21N5O6S. The van der Waals surface area contributed by atoms with Gasteiger partial charge in [-0.2, -0.15) is 4.31 Å². The van der Waals surface area contributed by atoms with Gasteiger partial charge in [0.25, 0.3) is 11.8 Å². The van der Waals surface area contributed by atoms with Crippen LogP contribution >= 0.6 is 0 Å². The number of amides is 2. The van der Waals surface area contributed by atoms with Crippen molar-refractivity contribution in [3.63, 3.8) is 0 Å². The summed E-state index contributed by atoms with van der Waals surface area (Å²) in [4.78, 5) is 40.6. The van der Waals surface area contributed by atoms with Crippen molar-refractivity contribution in [1.29, 1.82) is 0 Å². The molecule has 4 rings (SSSR count). The molecule has 32 heavy (non-hydrogen) atoms. The van der Waals surface area contributed by atoms with Crippen LogP contribution in [0.3, 0.4) is 0 Å². The Labute approximate surface area is 182 Å². The fourth-order valence-corrected chi connectivity index (χ4v) is 5.06. The van der Waals surface area contributed by atoms with E-state index in [4.69, 9.17) is 10.5 Å². The van der Waals surface area contributed by atoms with Crippen LogP contribution in [0.25, 0.3) is 11.0 Å². The van der Waals surface area contributed by atoms with Crippen LogP contribution in [0.1, 0.15) is 23.2 Å². The minimum atomic E-state index is -3.74. The van der Waals surface area contributed by atoms with E-state index >= 15 is 0 Å². The summed E-state index contributed by atoms with van der Waals surface area (Å²) in [7, 11) is -3.74. The number of nitrogens with two attached hydrogens (primary N) is 1. The number of carbonyl (C=O) groups excluding carboxylic acids is 2. The molecule has 0 radical (unpaired) electrons. The lowest BCUT2D eigenvalue weighted by atomic mass is 10.2. The number of primary amides is 1. The van der Waals surface area contributed by atoms with Gasteiger partial charge in [-0.1, -0.05) is 0 Å². The number of sulfonamides is 1. The molecule has 0 aliphatic carbocycles. The van der Waals surface area contributed by atoms with Crippen molar-refractivity contribution in [2.24, 2.45) is 5.73 Å². The molecule has 168 valence electrons.